The number of nitro benzene ring substituents is 1. The van der Waals surface area contributed by atoms with E-state index < -0.39 is 34.1 Å². The van der Waals surface area contributed by atoms with Gasteiger partial charge in [-0.3, -0.25) is 19.7 Å². The van der Waals surface area contributed by atoms with Crippen LogP contribution in [0, 0.1) is 15.5 Å². The topological polar surface area (TPSA) is 102 Å². The first-order valence-electron chi connectivity index (χ1n) is 8.83. The van der Waals surface area contributed by atoms with Crippen molar-refractivity contribution in [3.8, 4) is 0 Å². The van der Waals surface area contributed by atoms with Gasteiger partial charge in [-0.1, -0.05) is 0 Å². The summed E-state index contributed by atoms with van der Waals surface area (Å²) in [6.45, 7) is 4.86. The number of cyclic esters (lactones) is 2. The van der Waals surface area contributed by atoms with Crippen molar-refractivity contribution >= 4 is 23.3 Å². The molecule has 1 unspecified atom stereocenters. The minimum Gasteiger partial charge on any atom is -0.422 e. The molecule has 27 heavy (non-hydrogen) atoms. The van der Waals surface area contributed by atoms with E-state index in [0.29, 0.717) is 18.7 Å². The van der Waals surface area contributed by atoms with Crippen LogP contribution in [0.5, 0.6) is 0 Å². The third-order valence-corrected chi connectivity index (χ3v) is 5.61. The molecule has 2 saturated heterocycles. The molecule has 1 spiro atoms. The van der Waals surface area contributed by atoms with Gasteiger partial charge < -0.3 is 19.3 Å². The van der Waals surface area contributed by atoms with Crippen LogP contribution in [-0.2, 0) is 25.5 Å². The molecule has 4 rings (SSSR count). The van der Waals surface area contributed by atoms with E-state index in [1.54, 1.807) is 6.07 Å². The molecular formula is C18H21N3O6. The van der Waals surface area contributed by atoms with Gasteiger partial charge in [0.05, 0.1) is 11.0 Å². The Morgan fingerprint density at radius 1 is 1.19 bits per heavy atom. The van der Waals surface area contributed by atoms with Crippen molar-refractivity contribution < 1.29 is 24.0 Å². The van der Waals surface area contributed by atoms with Crippen molar-refractivity contribution in [1.29, 1.82) is 0 Å². The first-order valence-corrected chi connectivity index (χ1v) is 8.83. The summed E-state index contributed by atoms with van der Waals surface area (Å²) in [6.07, 6.45) is 0.0206. The Bertz CT molecular complexity index is 831. The minimum absolute atomic E-state index is 0.0206. The molecule has 0 radical (unpaired) electrons. The van der Waals surface area contributed by atoms with Crippen molar-refractivity contribution in [2.45, 2.75) is 32.1 Å². The largest absolute Gasteiger partial charge is 0.422 e. The van der Waals surface area contributed by atoms with E-state index in [1.807, 2.05) is 11.9 Å². The van der Waals surface area contributed by atoms with E-state index in [0.717, 1.165) is 12.2 Å². The van der Waals surface area contributed by atoms with Crippen molar-refractivity contribution in [3.63, 3.8) is 0 Å². The maximum atomic E-state index is 13.1. The van der Waals surface area contributed by atoms with E-state index in [4.69, 9.17) is 9.47 Å². The number of carbonyl (C=O) groups excluding carboxylic acids is 2. The summed E-state index contributed by atoms with van der Waals surface area (Å²) in [7, 11) is 1.93. The smallest absolute Gasteiger partial charge is 0.329 e. The molecule has 3 heterocycles. The van der Waals surface area contributed by atoms with Crippen molar-refractivity contribution in [1.82, 2.24) is 4.90 Å². The molecule has 0 aliphatic carbocycles. The fourth-order valence-electron chi connectivity index (χ4n) is 4.30. The molecule has 1 aromatic carbocycles. The average Bonchev–Trinajstić information content (AvgIpc) is 2.58. The summed E-state index contributed by atoms with van der Waals surface area (Å²) in [5.41, 5.74) is -0.213. The van der Waals surface area contributed by atoms with Crippen molar-refractivity contribution in [2.24, 2.45) is 5.41 Å². The number of anilines is 1. The normalized spacial score (nSPS) is 26.0. The highest BCUT2D eigenvalue weighted by atomic mass is 16.7. The molecule has 144 valence electrons. The third kappa shape index (κ3) is 2.56. The van der Waals surface area contributed by atoms with Gasteiger partial charge in [-0.15, -0.1) is 0 Å². The fraction of sp³-hybridized carbons (Fsp3) is 0.556. The molecule has 0 aromatic heterocycles. The molecule has 0 amide bonds. The van der Waals surface area contributed by atoms with Crippen LogP contribution in [0.25, 0.3) is 0 Å². The Balaban J connectivity index is 1.87. The number of esters is 2. The number of ether oxygens (including phenoxy) is 2. The average molecular weight is 375 g/mol. The lowest BCUT2D eigenvalue weighted by atomic mass is 9.69. The number of hydrogen-bond acceptors (Lipinski definition) is 8. The Labute approximate surface area is 156 Å². The lowest BCUT2D eigenvalue weighted by Gasteiger charge is -2.54. The number of fused-ring (bicyclic) bond motifs is 4. The van der Waals surface area contributed by atoms with Crippen LogP contribution in [0.15, 0.2) is 18.2 Å². The van der Waals surface area contributed by atoms with E-state index in [2.05, 4.69) is 4.90 Å². The number of hydrogen-bond donors (Lipinski definition) is 0. The minimum atomic E-state index is -1.54. The van der Waals surface area contributed by atoms with Gasteiger partial charge in [0.2, 0.25) is 0 Å². The monoisotopic (exact) mass is 375 g/mol. The number of non-ortho nitro benzene ring substituents is 1. The first kappa shape index (κ1) is 17.7. The molecule has 2 fully saturated rings. The highest BCUT2D eigenvalue weighted by Crippen LogP contribution is 2.48. The van der Waals surface area contributed by atoms with Gasteiger partial charge in [0.15, 0.2) is 5.41 Å². The number of nitro groups is 1. The zero-order valence-corrected chi connectivity index (χ0v) is 15.4. The molecule has 9 heteroatoms. The van der Waals surface area contributed by atoms with Gasteiger partial charge in [0.25, 0.3) is 11.5 Å². The van der Waals surface area contributed by atoms with E-state index in [9.17, 15) is 19.7 Å². The molecular weight excluding hydrogens is 354 g/mol. The first-order chi connectivity index (χ1) is 12.6. The van der Waals surface area contributed by atoms with Gasteiger partial charge in [-0.05, 0) is 18.7 Å². The Morgan fingerprint density at radius 2 is 1.85 bits per heavy atom. The molecule has 0 N–H and O–H groups in total. The highest BCUT2D eigenvalue weighted by Gasteiger charge is 2.64. The molecule has 3 aliphatic heterocycles. The molecule has 3 aliphatic rings. The third-order valence-electron chi connectivity index (χ3n) is 5.61. The van der Waals surface area contributed by atoms with Crippen molar-refractivity contribution in [3.05, 3.63) is 33.9 Å². The van der Waals surface area contributed by atoms with E-state index >= 15 is 0 Å². The second-order valence-corrected chi connectivity index (χ2v) is 7.87. The van der Waals surface area contributed by atoms with E-state index in [1.165, 1.54) is 26.0 Å². The summed E-state index contributed by atoms with van der Waals surface area (Å²) >= 11 is 0. The second-order valence-electron chi connectivity index (χ2n) is 7.87. The number of likely N-dealkylation sites (N-methyl/N-ethyl adjacent to an activating group) is 1. The SMILES string of the molecule is CN1CCN2c3ccc([N+](=O)[O-])cc3CC3(C(=O)OC(C)(C)OC3=O)C2C1. The van der Waals surface area contributed by atoms with E-state index in [-0.39, 0.29) is 12.1 Å². The number of piperazine rings is 1. The molecule has 0 bridgehead atoms. The van der Waals surface area contributed by atoms with Gasteiger partial charge in [-0.25, -0.2) is 0 Å². The van der Waals surface area contributed by atoms with Crippen LogP contribution in [0.1, 0.15) is 19.4 Å². The van der Waals surface area contributed by atoms with Crippen LogP contribution < -0.4 is 4.90 Å². The van der Waals surface area contributed by atoms with Crippen LogP contribution in [-0.4, -0.2) is 60.3 Å². The lowest BCUT2D eigenvalue weighted by molar-refractivity contribution is -0.384. The predicted molar refractivity (Wildman–Crippen MR) is 94.1 cm³/mol. The predicted octanol–water partition coefficient (Wildman–Crippen LogP) is 1.09. The Hall–Kier alpha value is -2.68. The zero-order chi connectivity index (χ0) is 19.6. The van der Waals surface area contributed by atoms with Gasteiger partial charge in [0, 0.05) is 57.7 Å². The van der Waals surface area contributed by atoms with Crippen molar-refractivity contribution in [2.75, 3.05) is 31.6 Å². The molecule has 1 aromatic rings. The Morgan fingerprint density at radius 3 is 2.48 bits per heavy atom. The number of rotatable bonds is 1. The maximum Gasteiger partial charge on any atom is 0.329 e. The lowest BCUT2D eigenvalue weighted by Crippen LogP contribution is -2.70. The summed E-state index contributed by atoms with van der Waals surface area (Å²) in [5.74, 6) is -2.59. The summed E-state index contributed by atoms with van der Waals surface area (Å²) < 4.78 is 10.9. The Kier molecular flexibility index (Phi) is 3.71. The number of nitrogens with zero attached hydrogens (tertiary/aromatic N) is 3. The van der Waals surface area contributed by atoms with Gasteiger partial charge in [0.1, 0.15) is 0 Å². The van der Waals surface area contributed by atoms with Crippen LogP contribution in [0.4, 0.5) is 11.4 Å². The molecule has 1 atom stereocenters. The zero-order valence-electron chi connectivity index (χ0n) is 15.4. The summed E-state index contributed by atoms with van der Waals surface area (Å²) in [5, 5.41) is 11.2. The quantitative estimate of drug-likeness (QED) is 0.311. The second kappa shape index (κ2) is 5.66. The van der Waals surface area contributed by atoms with Gasteiger partial charge >= 0.3 is 11.9 Å². The summed E-state index contributed by atoms with van der Waals surface area (Å²) in [4.78, 5) is 40.9. The van der Waals surface area contributed by atoms with Crippen LogP contribution >= 0.6 is 0 Å². The standard InChI is InChI=1S/C18H21N3O6/c1-17(2)26-15(22)18(16(23)27-17)9-11-8-12(21(24)25)4-5-13(11)20-7-6-19(3)10-14(18)20/h4-5,8,14H,6-7,9-10H2,1-3H3. The van der Waals surface area contributed by atoms with Gasteiger partial charge in [-0.2, -0.15) is 0 Å². The molecule has 9 nitrogen and oxygen atoms in total. The highest BCUT2D eigenvalue weighted by molar-refractivity contribution is 6.04. The molecule has 0 saturated carbocycles. The number of carbonyl (C=O) groups is 2. The van der Waals surface area contributed by atoms with Crippen LogP contribution in [0.2, 0.25) is 0 Å². The summed E-state index contributed by atoms with van der Waals surface area (Å²) in [6, 6.07) is 4.13. The number of benzene rings is 1. The maximum absolute atomic E-state index is 13.1. The fourth-order valence-corrected chi connectivity index (χ4v) is 4.30. The van der Waals surface area contributed by atoms with Crippen LogP contribution in [0.3, 0.4) is 0 Å².